The van der Waals surface area contributed by atoms with E-state index in [1.54, 1.807) is 7.11 Å². The van der Waals surface area contributed by atoms with Crippen LogP contribution in [0.5, 0.6) is 11.5 Å². The van der Waals surface area contributed by atoms with Gasteiger partial charge in [-0.25, -0.2) is 0 Å². The molecule has 0 amide bonds. The lowest BCUT2D eigenvalue weighted by Crippen LogP contribution is -2.35. The van der Waals surface area contributed by atoms with Crippen LogP contribution in [0.25, 0.3) is 0 Å². The molecule has 1 atom stereocenters. The van der Waals surface area contributed by atoms with Crippen molar-refractivity contribution in [1.29, 1.82) is 0 Å². The third-order valence-corrected chi connectivity index (χ3v) is 3.26. The maximum Gasteiger partial charge on any atom is 0.124 e. The van der Waals surface area contributed by atoms with Crippen LogP contribution < -0.4 is 14.8 Å². The van der Waals surface area contributed by atoms with Gasteiger partial charge in [-0.2, -0.15) is 0 Å². The van der Waals surface area contributed by atoms with E-state index < -0.39 is 0 Å². The van der Waals surface area contributed by atoms with Crippen molar-refractivity contribution in [2.45, 2.75) is 45.4 Å². The zero-order valence-electron chi connectivity index (χ0n) is 12.9. The Morgan fingerprint density at radius 1 is 1.35 bits per heavy atom. The molecule has 4 heteroatoms. The first-order chi connectivity index (χ1) is 9.48. The second-order valence-corrected chi connectivity index (χ2v) is 6.18. The summed E-state index contributed by atoms with van der Waals surface area (Å²) in [6.07, 6.45) is 1.12. The molecule has 1 aromatic carbocycles. The third-order valence-electron chi connectivity index (χ3n) is 3.26. The lowest BCUT2D eigenvalue weighted by Gasteiger charge is -2.23. The number of methoxy groups -OCH3 is 1. The molecular weight excluding hydrogens is 254 g/mol. The van der Waals surface area contributed by atoms with E-state index in [4.69, 9.17) is 14.2 Å². The Morgan fingerprint density at radius 2 is 2.15 bits per heavy atom. The van der Waals surface area contributed by atoms with E-state index in [9.17, 15) is 0 Å². The summed E-state index contributed by atoms with van der Waals surface area (Å²) < 4.78 is 16.7. The van der Waals surface area contributed by atoms with Gasteiger partial charge < -0.3 is 19.5 Å². The van der Waals surface area contributed by atoms with E-state index in [1.807, 2.05) is 18.2 Å². The molecule has 0 radical (unpaired) electrons. The molecule has 1 heterocycles. The molecule has 0 bridgehead atoms. The Balaban J connectivity index is 2.11. The Kier molecular flexibility index (Phi) is 4.89. The van der Waals surface area contributed by atoms with Crippen LogP contribution >= 0.6 is 0 Å². The molecule has 1 aliphatic heterocycles. The fraction of sp³-hybridized carbons (Fsp3) is 0.625. The van der Waals surface area contributed by atoms with Crippen LogP contribution in [0.3, 0.4) is 0 Å². The SMILES string of the molecule is COc1ccc(OC2CCOC2)c(CNC(C)(C)C)c1. The Bertz CT molecular complexity index is 434. The first-order valence-corrected chi connectivity index (χ1v) is 7.14. The van der Waals surface area contributed by atoms with E-state index in [0.29, 0.717) is 6.61 Å². The summed E-state index contributed by atoms with van der Waals surface area (Å²) in [6.45, 7) is 8.67. The first-order valence-electron chi connectivity index (χ1n) is 7.14. The van der Waals surface area contributed by atoms with E-state index in [1.165, 1.54) is 0 Å². The third kappa shape index (κ3) is 4.39. The van der Waals surface area contributed by atoms with Gasteiger partial charge in [0.2, 0.25) is 0 Å². The van der Waals surface area contributed by atoms with Crippen molar-refractivity contribution in [3.05, 3.63) is 23.8 Å². The summed E-state index contributed by atoms with van der Waals surface area (Å²) in [6, 6.07) is 5.95. The van der Waals surface area contributed by atoms with Gasteiger partial charge in [0.15, 0.2) is 0 Å². The molecule has 4 nitrogen and oxygen atoms in total. The molecule has 2 rings (SSSR count). The van der Waals surface area contributed by atoms with Crippen molar-refractivity contribution >= 4 is 0 Å². The van der Waals surface area contributed by atoms with Gasteiger partial charge in [-0.15, -0.1) is 0 Å². The van der Waals surface area contributed by atoms with Crippen molar-refractivity contribution < 1.29 is 14.2 Å². The minimum atomic E-state index is 0.0663. The maximum absolute atomic E-state index is 6.05. The molecule has 0 spiro atoms. The molecule has 1 N–H and O–H groups in total. The molecule has 0 aliphatic carbocycles. The van der Waals surface area contributed by atoms with E-state index in [2.05, 4.69) is 26.1 Å². The molecule has 1 saturated heterocycles. The van der Waals surface area contributed by atoms with Crippen molar-refractivity contribution in [3.63, 3.8) is 0 Å². The highest BCUT2D eigenvalue weighted by molar-refractivity contribution is 5.40. The van der Waals surface area contributed by atoms with Gasteiger partial charge >= 0.3 is 0 Å². The summed E-state index contributed by atoms with van der Waals surface area (Å²) >= 11 is 0. The molecule has 20 heavy (non-hydrogen) atoms. The summed E-state index contributed by atoms with van der Waals surface area (Å²) in [5.41, 5.74) is 1.18. The Hall–Kier alpha value is -1.26. The molecule has 1 aliphatic rings. The van der Waals surface area contributed by atoms with E-state index >= 15 is 0 Å². The second kappa shape index (κ2) is 6.46. The normalized spacial score (nSPS) is 19.1. The van der Waals surface area contributed by atoms with Crippen LogP contribution in [0.2, 0.25) is 0 Å². The number of rotatable bonds is 5. The molecule has 0 saturated carbocycles. The van der Waals surface area contributed by atoms with Gasteiger partial charge in [0, 0.05) is 24.1 Å². The summed E-state index contributed by atoms with van der Waals surface area (Å²) in [5.74, 6) is 1.77. The predicted molar refractivity (Wildman–Crippen MR) is 79.4 cm³/mol. The van der Waals surface area contributed by atoms with Crippen molar-refractivity contribution in [1.82, 2.24) is 5.32 Å². The zero-order chi connectivity index (χ0) is 14.6. The minimum absolute atomic E-state index is 0.0663. The average molecular weight is 279 g/mol. The standard InChI is InChI=1S/C16H25NO3/c1-16(2,3)17-10-12-9-13(18-4)5-6-15(12)20-14-7-8-19-11-14/h5-6,9,14,17H,7-8,10-11H2,1-4H3. The van der Waals surface area contributed by atoms with Gasteiger partial charge in [0.25, 0.3) is 0 Å². The molecule has 0 aromatic heterocycles. The zero-order valence-corrected chi connectivity index (χ0v) is 12.9. The lowest BCUT2D eigenvalue weighted by molar-refractivity contribution is 0.140. The smallest absolute Gasteiger partial charge is 0.124 e. The highest BCUT2D eigenvalue weighted by Crippen LogP contribution is 2.27. The van der Waals surface area contributed by atoms with Gasteiger partial charge in [0.1, 0.15) is 17.6 Å². The van der Waals surface area contributed by atoms with Crippen LogP contribution in [-0.4, -0.2) is 32.0 Å². The van der Waals surface area contributed by atoms with Crippen molar-refractivity contribution in [3.8, 4) is 11.5 Å². The lowest BCUT2D eigenvalue weighted by atomic mass is 10.1. The van der Waals surface area contributed by atoms with Crippen LogP contribution in [0.1, 0.15) is 32.8 Å². The fourth-order valence-electron chi connectivity index (χ4n) is 2.08. The van der Waals surface area contributed by atoms with Gasteiger partial charge in [0.05, 0.1) is 20.3 Å². The average Bonchev–Trinajstić information content (AvgIpc) is 2.89. The van der Waals surface area contributed by atoms with Crippen LogP contribution in [0.15, 0.2) is 18.2 Å². The van der Waals surface area contributed by atoms with Gasteiger partial charge in [-0.3, -0.25) is 0 Å². The maximum atomic E-state index is 6.05. The van der Waals surface area contributed by atoms with E-state index in [0.717, 1.165) is 36.6 Å². The molecule has 1 unspecified atom stereocenters. The second-order valence-electron chi connectivity index (χ2n) is 6.18. The highest BCUT2D eigenvalue weighted by atomic mass is 16.5. The summed E-state index contributed by atoms with van der Waals surface area (Å²) in [7, 11) is 1.68. The minimum Gasteiger partial charge on any atom is -0.497 e. The first kappa shape index (κ1) is 15.1. The van der Waals surface area contributed by atoms with Crippen LogP contribution in [0.4, 0.5) is 0 Å². The largest absolute Gasteiger partial charge is 0.497 e. The monoisotopic (exact) mass is 279 g/mol. The summed E-state index contributed by atoms with van der Waals surface area (Å²) in [5, 5.41) is 3.49. The molecule has 112 valence electrons. The predicted octanol–water partition coefficient (Wildman–Crippen LogP) is 2.75. The molecule has 1 fully saturated rings. The number of ether oxygens (including phenoxy) is 3. The summed E-state index contributed by atoms with van der Waals surface area (Å²) in [4.78, 5) is 0. The Labute approximate surface area is 121 Å². The number of benzene rings is 1. The number of hydrogen-bond acceptors (Lipinski definition) is 4. The van der Waals surface area contributed by atoms with Crippen LogP contribution in [-0.2, 0) is 11.3 Å². The highest BCUT2D eigenvalue weighted by Gasteiger charge is 2.19. The quantitative estimate of drug-likeness (QED) is 0.899. The van der Waals surface area contributed by atoms with Crippen LogP contribution in [0, 0.1) is 0 Å². The van der Waals surface area contributed by atoms with Gasteiger partial charge in [-0.05, 0) is 39.0 Å². The van der Waals surface area contributed by atoms with E-state index in [-0.39, 0.29) is 11.6 Å². The number of hydrogen-bond donors (Lipinski definition) is 1. The molecule has 1 aromatic rings. The number of nitrogens with one attached hydrogen (secondary N) is 1. The van der Waals surface area contributed by atoms with Crippen molar-refractivity contribution in [2.75, 3.05) is 20.3 Å². The molecular formula is C16H25NO3. The topological polar surface area (TPSA) is 39.7 Å². The fourth-order valence-corrected chi connectivity index (χ4v) is 2.08. The van der Waals surface area contributed by atoms with Crippen molar-refractivity contribution in [2.24, 2.45) is 0 Å². The van der Waals surface area contributed by atoms with Gasteiger partial charge in [-0.1, -0.05) is 0 Å². The Morgan fingerprint density at radius 3 is 2.75 bits per heavy atom.